The largest absolute Gasteiger partial charge is 0.493 e. The number of fused-ring (bicyclic) bond motifs is 1. The number of carbonyl (C=O) groups is 5. The van der Waals surface area contributed by atoms with Crippen molar-refractivity contribution < 1.29 is 28.7 Å². The molecule has 16 heteroatoms. The van der Waals surface area contributed by atoms with Gasteiger partial charge in [0.05, 0.1) is 29.6 Å². The van der Waals surface area contributed by atoms with Crippen molar-refractivity contribution in [1.29, 1.82) is 0 Å². The van der Waals surface area contributed by atoms with Gasteiger partial charge in [0.25, 0.3) is 23.3 Å². The molecule has 1 unspecified atom stereocenters. The van der Waals surface area contributed by atoms with Crippen molar-refractivity contribution in [2.75, 3.05) is 64.1 Å². The quantitative estimate of drug-likeness (QED) is 0.128. The zero-order valence-electron chi connectivity index (χ0n) is 34.9. The predicted octanol–water partition coefficient (Wildman–Crippen LogP) is 4.45. The maximum atomic E-state index is 13.4. The maximum absolute atomic E-state index is 13.4. The Hall–Kier alpha value is -5.87. The number of piperidine rings is 2. The van der Waals surface area contributed by atoms with E-state index in [1.807, 2.05) is 26.2 Å². The van der Waals surface area contributed by atoms with E-state index in [0.29, 0.717) is 41.0 Å². The molecule has 1 aromatic heterocycles. The Kier molecular flexibility index (Phi) is 13.3. The lowest BCUT2D eigenvalue weighted by molar-refractivity contribution is -0.136. The molecule has 5 amide bonds. The SMILES string of the molecule is CN1C[C@H](Nc2cnn(C)c(=O)c2Br)C[C@H](c2ccc(C(=O)N(C)CCCN(C)c3ccc(CCCOc4cccc5c4C(=O)N(C4CCC(=O)NC4=O)C5=O)cc3)cc2)C1. The van der Waals surface area contributed by atoms with Crippen molar-refractivity contribution in [2.45, 2.75) is 56.5 Å². The number of nitrogens with zero attached hydrogens (tertiary/aromatic N) is 6. The number of hydrogen-bond donors (Lipinski definition) is 2. The molecule has 7 rings (SSSR count). The molecule has 61 heavy (non-hydrogen) atoms. The lowest BCUT2D eigenvalue weighted by Crippen LogP contribution is -2.54. The summed E-state index contributed by atoms with van der Waals surface area (Å²) in [5, 5.41) is 9.87. The number of nitrogens with one attached hydrogen (secondary N) is 2. The van der Waals surface area contributed by atoms with Gasteiger partial charge in [-0.05, 0) is 109 Å². The monoisotopic (exact) mass is 894 g/mol. The highest BCUT2D eigenvalue weighted by Crippen LogP contribution is 2.34. The second kappa shape index (κ2) is 18.8. The van der Waals surface area contributed by atoms with Gasteiger partial charge in [-0.15, -0.1) is 0 Å². The van der Waals surface area contributed by atoms with E-state index in [-0.39, 0.29) is 47.4 Å². The lowest BCUT2D eigenvalue weighted by Gasteiger charge is -2.37. The van der Waals surface area contributed by atoms with Crippen molar-refractivity contribution in [3.63, 3.8) is 0 Å². The molecule has 15 nitrogen and oxygen atoms in total. The molecule has 4 aromatic rings. The maximum Gasteiger partial charge on any atom is 0.282 e. The van der Waals surface area contributed by atoms with Crippen LogP contribution in [0.4, 0.5) is 11.4 Å². The van der Waals surface area contributed by atoms with Crippen molar-refractivity contribution in [2.24, 2.45) is 7.05 Å². The minimum atomic E-state index is -1.03. The van der Waals surface area contributed by atoms with E-state index in [4.69, 9.17) is 4.74 Å². The molecule has 0 radical (unpaired) electrons. The van der Waals surface area contributed by atoms with Crippen molar-refractivity contribution in [1.82, 2.24) is 29.8 Å². The lowest BCUT2D eigenvalue weighted by atomic mass is 9.87. The van der Waals surface area contributed by atoms with E-state index in [9.17, 15) is 28.8 Å². The van der Waals surface area contributed by atoms with Crippen LogP contribution in [0.3, 0.4) is 0 Å². The first-order chi connectivity index (χ1) is 29.3. The highest BCUT2D eigenvalue weighted by molar-refractivity contribution is 9.10. The summed E-state index contributed by atoms with van der Waals surface area (Å²) in [6.45, 7) is 3.43. The van der Waals surface area contributed by atoms with Crippen LogP contribution < -0.4 is 25.8 Å². The van der Waals surface area contributed by atoms with E-state index in [1.165, 1.54) is 10.2 Å². The molecular weight excluding hydrogens is 844 g/mol. The molecule has 2 N–H and O–H groups in total. The van der Waals surface area contributed by atoms with Gasteiger partial charge < -0.3 is 24.8 Å². The van der Waals surface area contributed by atoms with Crippen molar-refractivity contribution in [3.8, 4) is 5.75 Å². The summed E-state index contributed by atoms with van der Waals surface area (Å²) < 4.78 is 7.77. The fraction of sp³-hybridized carbons (Fsp3) is 0.400. The van der Waals surface area contributed by atoms with Gasteiger partial charge >= 0.3 is 0 Å². The number of carbonyl (C=O) groups excluding carboxylic acids is 5. The minimum absolute atomic E-state index is 0.0169. The van der Waals surface area contributed by atoms with Crippen LogP contribution >= 0.6 is 15.9 Å². The summed E-state index contributed by atoms with van der Waals surface area (Å²) in [6.07, 6.45) is 4.91. The number of likely N-dealkylation sites (tertiary alicyclic amines) is 1. The van der Waals surface area contributed by atoms with Crippen LogP contribution in [0.1, 0.15) is 80.2 Å². The number of halogens is 1. The fourth-order valence-electron chi connectivity index (χ4n) is 8.37. The van der Waals surface area contributed by atoms with E-state index in [2.05, 4.69) is 84.9 Å². The molecule has 2 fully saturated rings. The van der Waals surface area contributed by atoms with Crippen LogP contribution in [0.2, 0.25) is 0 Å². The Morgan fingerprint density at radius 3 is 2.43 bits per heavy atom. The predicted molar refractivity (Wildman–Crippen MR) is 234 cm³/mol. The first-order valence-electron chi connectivity index (χ1n) is 20.6. The third-order valence-corrected chi connectivity index (χ3v) is 12.5. The first-order valence-corrected chi connectivity index (χ1v) is 21.4. The van der Waals surface area contributed by atoms with Gasteiger partial charge in [-0.1, -0.05) is 30.3 Å². The van der Waals surface area contributed by atoms with Crippen LogP contribution in [0.25, 0.3) is 0 Å². The van der Waals surface area contributed by atoms with E-state index in [0.717, 1.165) is 55.0 Å². The Morgan fingerprint density at radius 1 is 0.934 bits per heavy atom. The standard InChI is InChI=1S/C45H51BrN8O7/c1-50-26-31(24-32(27-50)48-35-25-47-53(4)45(60)40(35)46)29-13-15-30(16-14-29)42(57)52(3)22-7-21-51(2)33-17-11-28(12-18-33)8-6-23-61-37-10-5-9-34-39(37)44(59)54(43(34)58)36-19-20-38(55)49-41(36)56/h5,9-18,25,31-32,36,48H,6-8,19-24,26-27H2,1-4H3,(H,49,55,56)/t31-,32+,36?/m0/s1. The molecule has 2 saturated heterocycles. The van der Waals surface area contributed by atoms with E-state index >= 15 is 0 Å². The molecule has 0 aliphatic carbocycles. The molecule has 0 spiro atoms. The van der Waals surface area contributed by atoms with E-state index < -0.39 is 29.7 Å². The molecule has 0 saturated carbocycles. The molecule has 3 atom stereocenters. The summed E-state index contributed by atoms with van der Waals surface area (Å²) in [7, 11) is 7.59. The van der Waals surface area contributed by atoms with Crippen LogP contribution in [0.5, 0.6) is 5.75 Å². The van der Waals surface area contributed by atoms with Gasteiger partial charge in [0, 0.05) is 71.0 Å². The fourth-order valence-corrected chi connectivity index (χ4v) is 8.84. The molecule has 3 aliphatic heterocycles. The Balaban J connectivity index is 0.836. The molecular formula is C45H51BrN8O7. The summed E-state index contributed by atoms with van der Waals surface area (Å²) >= 11 is 3.42. The smallest absolute Gasteiger partial charge is 0.282 e. The normalized spacial score (nSPS) is 19.1. The van der Waals surface area contributed by atoms with Crippen LogP contribution in [0.15, 0.2) is 82.2 Å². The summed E-state index contributed by atoms with van der Waals surface area (Å²) in [6, 6.07) is 20.2. The van der Waals surface area contributed by atoms with Gasteiger partial charge in [0.2, 0.25) is 11.8 Å². The zero-order valence-corrected chi connectivity index (χ0v) is 36.4. The third kappa shape index (κ3) is 9.70. The highest BCUT2D eigenvalue weighted by atomic mass is 79.9. The van der Waals surface area contributed by atoms with Crippen molar-refractivity contribution in [3.05, 3.63) is 116 Å². The summed E-state index contributed by atoms with van der Waals surface area (Å²) in [5.41, 5.74) is 4.86. The van der Waals surface area contributed by atoms with Crippen LogP contribution in [-0.4, -0.2) is 120 Å². The third-order valence-electron chi connectivity index (χ3n) is 11.7. The number of imide groups is 2. The average Bonchev–Trinajstić information content (AvgIpc) is 3.51. The highest BCUT2D eigenvalue weighted by Gasteiger charge is 2.46. The number of aromatic nitrogens is 2. The van der Waals surface area contributed by atoms with Gasteiger partial charge in [-0.3, -0.25) is 39.0 Å². The number of hydrogen-bond acceptors (Lipinski definition) is 11. The molecule has 3 aliphatic rings. The zero-order chi connectivity index (χ0) is 43.4. The Labute approximate surface area is 363 Å². The van der Waals surface area contributed by atoms with Crippen LogP contribution in [0, 0.1) is 0 Å². The number of ether oxygens (including phenoxy) is 1. The number of amides is 5. The summed E-state index contributed by atoms with van der Waals surface area (Å²) in [5.74, 6) is -1.67. The average molecular weight is 896 g/mol. The van der Waals surface area contributed by atoms with Crippen molar-refractivity contribution >= 4 is 56.8 Å². The number of aryl methyl sites for hydroxylation is 2. The number of benzene rings is 3. The van der Waals surface area contributed by atoms with Gasteiger partial charge in [-0.25, -0.2) is 4.68 Å². The molecule has 4 heterocycles. The molecule has 0 bridgehead atoms. The van der Waals surface area contributed by atoms with Crippen LogP contribution in [-0.2, 0) is 23.1 Å². The van der Waals surface area contributed by atoms with Gasteiger partial charge in [0.1, 0.15) is 16.3 Å². The van der Waals surface area contributed by atoms with E-state index in [1.54, 1.807) is 36.3 Å². The van der Waals surface area contributed by atoms with Gasteiger partial charge in [0.15, 0.2) is 0 Å². The molecule has 320 valence electrons. The topological polar surface area (TPSA) is 166 Å². The Bertz CT molecular complexity index is 2370. The number of rotatable bonds is 15. The number of anilines is 2. The summed E-state index contributed by atoms with van der Waals surface area (Å²) in [4.78, 5) is 83.4. The Morgan fingerprint density at radius 2 is 1.69 bits per heavy atom. The molecule has 3 aromatic carbocycles. The second-order valence-electron chi connectivity index (χ2n) is 16.2. The minimum Gasteiger partial charge on any atom is -0.493 e. The first kappa shape index (κ1) is 43.2. The second-order valence-corrected chi connectivity index (χ2v) is 17.0. The number of likely N-dealkylation sites (N-methyl/N-ethyl adjacent to an activating group) is 1. The van der Waals surface area contributed by atoms with Gasteiger partial charge in [-0.2, -0.15) is 5.10 Å².